The average molecular weight is 363 g/mol. The van der Waals surface area contributed by atoms with E-state index in [1.165, 1.54) is 18.9 Å². The monoisotopic (exact) mass is 362 g/mol. The molecule has 25 heavy (non-hydrogen) atoms. The second-order valence-electron chi connectivity index (χ2n) is 6.94. The van der Waals surface area contributed by atoms with Crippen molar-refractivity contribution in [2.45, 2.75) is 58.1 Å². The van der Waals surface area contributed by atoms with Crippen molar-refractivity contribution in [3.63, 3.8) is 0 Å². The maximum Gasteiger partial charge on any atom is 0.336 e. The Hall–Kier alpha value is -1.46. The van der Waals surface area contributed by atoms with Crippen molar-refractivity contribution < 1.29 is 4.42 Å². The van der Waals surface area contributed by atoms with Crippen molar-refractivity contribution in [1.82, 2.24) is 4.72 Å². The third-order valence-electron chi connectivity index (χ3n) is 3.97. The molecule has 1 heterocycles. The first-order valence-corrected chi connectivity index (χ1v) is 10.1. The van der Waals surface area contributed by atoms with Gasteiger partial charge in [-0.15, -0.1) is 0 Å². The fraction of sp³-hybridized carbons (Fsp3) is 0.550. The highest BCUT2D eigenvalue weighted by molar-refractivity contribution is 7.97. The number of nitrogens with one attached hydrogen (secondary N) is 2. The molecule has 0 spiro atoms. The lowest BCUT2D eigenvalue weighted by atomic mass is 9.99. The second kappa shape index (κ2) is 9.88. The Morgan fingerprint density at radius 3 is 2.52 bits per heavy atom. The van der Waals surface area contributed by atoms with Gasteiger partial charge in [0.1, 0.15) is 5.58 Å². The van der Waals surface area contributed by atoms with E-state index in [-0.39, 0.29) is 5.63 Å². The molecule has 0 aliphatic rings. The number of rotatable bonds is 10. The van der Waals surface area contributed by atoms with Crippen LogP contribution in [0.3, 0.4) is 0 Å². The third-order valence-corrected chi connectivity index (χ3v) is 4.82. The molecule has 0 fully saturated rings. The van der Waals surface area contributed by atoms with Crippen LogP contribution < -0.4 is 15.7 Å². The summed E-state index contributed by atoms with van der Waals surface area (Å²) in [6, 6.07) is 7.50. The Morgan fingerprint density at radius 2 is 1.80 bits per heavy atom. The summed E-state index contributed by atoms with van der Waals surface area (Å²) in [5, 5.41) is 5.12. The van der Waals surface area contributed by atoms with Crippen molar-refractivity contribution in [2.24, 2.45) is 0 Å². The zero-order valence-corrected chi connectivity index (χ0v) is 16.5. The van der Waals surface area contributed by atoms with E-state index < -0.39 is 0 Å². The van der Waals surface area contributed by atoms with Crippen molar-refractivity contribution in [3.05, 3.63) is 40.2 Å². The SMILES string of the molecule is CC(C)SNCCCCCNc1cc(C(C)C)c2oc(=O)ccc2c1. The number of anilines is 1. The van der Waals surface area contributed by atoms with Crippen molar-refractivity contribution in [2.75, 3.05) is 18.4 Å². The van der Waals surface area contributed by atoms with Crippen molar-refractivity contribution in [3.8, 4) is 0 Å². The largest absolute Gasteiger partial charge is 0.422 e. The van der Waals surface area contributed by atoms with E-state index in [9.17, 15) is 4.79 Å². The molecule has 1 aromatic heterocycles. The van der Waals surface area contributed by atoms with Gasteiger partial charge in [0.15, 0.2) is 0 Å². The molecule has 0 aliphatic heterocycles. The molecule has 0 atom stereocenters. The maximum absolute atomic E-state index is 11.5. The van der Waals surface area contributed by atoms with Gasteiger partial charge >= 0.3 is 5.63 Å². The predicted molar refractivity (Wildman–Crippen MR) is 110 cm³/mol. The van der Waals surface area contributed by atoms with E-state index in [2.05, 4.69) is 49.9 Å². The van der Waals surface area contributed by atoms with E-state index >= 15 is 0 Å². The zero-order valence-electron chi connectivity index (χ0n) is 15.7. The summed E-state index contributed by atoms with van der Waals surface area (Å²) >= 11 is 1.80. The summed E-state index contributed by atoms with van der Waals surface area (Å²) in [5.41, 5.74) is 2.59. The average Bonchev–Trinajstić information content (AvgIpc) is 2.56. The van der Waals surface area contributed by atoms with Gasteiger partial charge in [0.2, 0.25) is 0 Å². The first-order chi connectivity index (χ1) is 12.0. The molecule has 5 heteroatoms. The van der Waals surface area contributed by atoms with Gasteiger partial charge in [0.25, 0.3) is 0 Å². The van der Waals surface area contributed by atoms with Gasteiger partial charge in [0.05, 0.1) is 0 Å². The van der Waals surface area contributed by atoms with Crippen LogP contribution in [0, 0.1) is 0 Å². The Bertz CT molecular complexity index is 725. The summed E-state index contributed by atoms with van der Waals surface area (Å²) in [6.45, 7) is 10.7. The van der Waals surface area contributed by atoms with Crippen LogP contribution in [-0.4, -0.2) is 18.3 Å². The number of fused-ring (bicyclic) bond motifs is 1. The van der Waals surface area contributed by atoms with Gasteiger partial charge in [-0.2, -0.15) is 0 Å². The van der Waals surface area contributed by atoms with E-state index in [0.29, 0.717) is 16.8 Å². The van der Waals surface area contributed by atoms with Crippen molar-refractivity contribution in [1.29, 1.82) is 0 Å². The summed E-state index contributed by atoms with van der Waals surface area (Å²) in [4.78, 5) is 11.5. The molecule has 0 amide bonds. The lowest BCUT2D eigenvalue weighted by Crippen LogP contribution is -2.10. The standard InChI is InChI=1S/C20H30N2O2S/c1-14(2)18-13-17(12-16-8-9-19(23)24-20(16)18)21-10-6-5-7-11-22-25-15(3)4/h8-9,12-15,21-22H,5-7,10-11H2,1-4H3. The summed E-state index contributed by atoms with van der Waals surface area (Å²) in [7, 11) is 0. The van der Waals surface area contributed by atoms with E-state index in [1.54, 1.807) is 11.9 Å². The third kappa shape index (κ3) is 6.40. The normalized spacial score (nSPS) is 11.6. The van der Waals surface area contributed by atoms with E-state index in [0.717, 1.165) is 36.1 Å². The molecule has 0 radical (unpaired) electrons. The van der Waals surface area contributed by atoms with Gasteiger partial charge in [-0.1, -0.05) is 46.1 Å². The summed E-state index contributed by atoms with van der Waals surface area (Å²) < 4.78 is 8.81. The minimum atomic E-state index is -0.292. The van der Waals surface area contributed by atoms with E-state index in [1.807, 2.05) is 6.07 Å². The molecule has 2 aromatic rings. The second-order valence-corrected chi connectivity index (χ2v) is 8.41. The highest BCUT2D eigenvalue weighted by atomic mass is 32.2. The van der Waals surface area contributed by atoms with Gasteiger partial charge in [-0.3, -0.25) is 4.72 Å². The molecule has 0 unspecified atom stereocenters. The van der Waals surface area contributed by atoms with Crippen LogP contribution >= 0.6 is 11.9 Å². The Labute approximate surface area is 154 Å². The lowest BCUT2D eigenvalue weighted by Gasteiger charge is -2.13. The molecule has 0 saturated heterocycles. The molecule has 2 N–H and O–H groups in total. The van der Waals surface area contributed by atoms with E-state index in [4.69, 9.17) is 4.42 Å². The highest BCUT2D eigenvalue weighted by Gasteiger charge is 2.10. The molecule has 0 saturated carbocycles. The lowest BCUT2D eigenvalue weighted by molar-refractivity contribution is 0.554. The molecule has 4 nitrogen and oxygen atoms in total. The maximum atomic E-state index is 11.5. The molecule has 2 rings (SSSR count). The van der Waals surface area contributed by atoms with Crippen LogP contribution in [0.5, 0.6) is 0 Å². The van der Waals surface area contributed by atoms with Gasteiger partial charge in [0, 0.05) is 41.0 Å². The highest BCUT2D eigenvalue weighted by Crippen LogP contribution is 2.28. The molecule has 1 aromatic carbocycles. The predicted octanol–water partition coefficient (Wildman–Crippen LogP) is 5.14. The van der Waals surface area contributed by atoms with Gasteiger partial charge in [-0.25, -0.2) is 4.79 Å². The fourth-order valence-corrected chi connectivity index (χ4v) is 3.29. The Balaban J connectivity index is 1.87. The number of unbranched alkanes of at least 4 members (excludes halogenated alkanes) is 2. The molecular formula is C20H30N2O2S. The number of hydrogen-bond donors (Lipinski definition) is 2. The van der Waals surface area contributed by atoms with Crippen LogP contribution in [0.2, 0.25) is 0 Å². The molecule has 0 aliphatic carbocycles. The van der Waals surface area contributed by atoms with Crippen LogP contribution in [0.4, 0.5) is 5.69 Å². The summed E-state index contributed by atoms with van der Waals surface area (Å²) in [6.07, 6.45) is 3.55. The summed E-state index contributed by atoms with van der Waals surface area (Å²) in [5.74, 6) is 0.305. The number of benzene rings is 1. The smallest absolute Gasteiger partial charge is 0.336 e. The molecule has 138 valence electrons. The van der Waals surface area contributed by atoms with Crippen LogP contribution in [0.15, 0.2) is 33.5 Å². The van der Waals surface area contributed by atoms with Gasteiger partial charge in [-0.05, 0) is 37.0 Å². The van der Waals surface area contributed by atoms with Crippen molar-refractivity contribution >= 4 is 28.6 Å². The van der Waals surface area contributed by atoms with Crippen LogP contribution in [0.25, 0.3) is 11.0 Å². The number of hydrogen-bond acceptors (Lipinski definition) is 5. The first-order valence-electron chi connectivity index (χ1n) is 9.17. The minimum Gasteiger partial charge on any atom is -0.422 e. The Kier molecular flexibility index (Phi) is 7.85. The first kappa shape index (κ1) is 19.9. The quantitative estimate of drug-likeness (QED) is 0.348. The minimum absolute atomic E-state index is 0.292. The fourth-order valence-electron chi connectivity index (χ4n) is 2.70. The molecular weight excluding hydrogens is 332 g/mol. The zero-order chi connectivity index (χ0) is 18.2. The molecule has 0 bridgehead atoms. The van der Waals surface area contributed by atoms with Crippen LogP contribution in [-0.2, 0) is 0 Å². The Morgan fingerprint density at radius 1 is 1.04 bits per heavy atom. The van der Waals surface area contributed by atoms with Crippen LogP contribution in [0.1, 0.15) is 58.4 Å². The van der Waals surface area contributed by atoms with Gasteiger partial charge < -0.3 is 9.73 Å². The topological polar surface area (TPSA) is 54.3 Å².